The highest BCUT2D eigenvalue weighted by Crippen LogP contribution is 2.33. The van der Waals surface area contributed by atoms with Gasteiger partial charge in [0.05, 0.1) is 5.56 Å². The number of aryl methyl sites for hydroxylation is 1. The average Bonchev–Trinajstić information content (AvgIpc) is 3.08. The standard InChI is InChI=1S/C21H18N8O/c1-13-7-8-24-17(9-13)28-21(30)27-16-5-3-14(4-6-16)18-15(10-23-2)11-29-19(18)20(22)25-12-26-29/h3-9,11-12H,10H2,1H3,(H2,22,25,26)(H2,24,27,28,30). The molecular formula is C21H18N8O. The number of aromatic nitrogens is 4. The minimum Gasteiger partial charge on any atom is -0.382 e. The highest BCUT2D eigenvalue weighted by Gasteiger charge is 2.18. The smallest absolute Gasteiger partial charge is 0.324 e. The van der Waals surface area contributed by atoms with E-state index < -0.39 is 0 Å². The molecule has 4 N–H and O–H groups in total. The number of nitrogen functional groups attached to an aromatic ring is 1. The number of urea groups is 1. The molecule has 0 radical (unpaired) electrons. The van der Waals surface area contributed by atoms with E-state index in [0.29, 0.717) is 22.8 Å². The molecule has 0 aliphatic carbocycles. The zero-order chi connectivity index (χ0) is 21.1. The van der Waals surface area contributed by atoms with Crippen LogP contribution in [0.3, 0.4) is 0 Å². The van der Waals surface area contributed by atoms with Crippen molar-refractivity contribution < 1.29 is 4.79 Å². The van der Waals surface area contributed by atoms with Crippen molar-refractivity contribution in [2.24, 2.45) is 0 Å². The Morgan fingerprint density at radius 3 is 2.73 bits per heavy atom. The maximum atomic E-state index is 12.2. The third-order valence-corrected chi connectivity index (χ3v) is 4.52. The fraction of sp³-hybridized carbons (Fsp3) is 0.0952. The molecule has 4 aromatic rings. The maximum absolute atomic E-state index is 12.2. The Morgan fingerprint density at radius 2 is 2.00 bits per heavy atom. The Balaban J connectivity index is 1.59. The van der Waals surface area contributed by atoms with Crippen molar-refractivity contribution in [2.45, 2.75) is 13.5 Å². The predicted octanol–water partition coefficient (Wildman–Crippen LogP) is 3.75. The largest absolute Gasteiger partial charge is 0.382 e. The highest BCUT2D eigenvalue weighted by atomic mass is 16.2. The van der Waals surface area contributed by atoms with Crippen molar-refractivity contribution in [3.63, 3.8) is 0 Å². The summed E-state index contributed by atoms with van der Waals surface area (Å²) in [5.41, 5.74) is 10.8. The van der Waals surface area contributed by atoms with E-state index in [1.807, 2.05) is 25.1 Å². The third kappa shape index (κ3) is 3.74. The van der Waals surface area contributed by atoms with Crippen LogP contribution in [0.5, 0.6) is 0 Å². The molecule has 1 aromatic carbocycles. The summed E-state index contributed by atoms with van der Waals surface area (Å²) in [5.74, 6) is 0.812. The van der Waals surface area contributed by atoms with E-state index in [4.69, 9.17) is 12.3 Å². The molecule has 9 nitrogen and oxygen atoms in total. The van der Waals surface area contributed by atoms with Gasteiger partial charge in [0.1, 0.15) is 17.7 Å². The number of carbonyl (C=O) groups excluding carboxylic acids is 1. The molecule has 0 spiro atoms. The molecule has 0 aliphatic heterocycles. The summed E-state index contributed by atoms with van der Waals surface area (Å²) in [6.45, 7) is 9.36. The highest BCUT2D eigenvalue weighted by molar-refractivity contribution is 5.99. The van der Waals surface area contributed by atoms with Crippen LogP contribution in [-0.4, -0.2) is 25.6 Å². The Labute approximate surface area is 172 Å². The molecule has 0 aliphatic rings. The minimum absolute atomic E-state index is 0.198. The lowest BCUT2D eigenvalue weighted by molar-refractivity contribution is 0.262. The molecule has 0 saturated carbocycles. The summed E-state index contributed by atoms with van der Waals surface area (Å²) in [4.78, 5) is 23.9. The first-order valence-electron chi connectivity index (χ1n) is 9.10. The molecule has 3 aromatic heterocycles. The van der Waals surface area contributed by atoms with Crippen LogP contribution in [0.15, 0.2) is 55.1 Å². The molecule has 0 fully saturated rings. The second-order valence-electron chi connectivity index (χ2n) is 6.66. The van der Waals surface area contributed by atoms with Crippen LogP contribution in [0.4, 0.5) is 22.1 Å². The number of hydrogen-bond donors (Lipinski definition) is 3. The van der Waals surface area contributed by atoms with Gasteiger partial charge >= 0.3 is 6.03 Å². The van der Waals surface area contributed by atoms with Crippen LogP contribution in [0, 0.1) is 13.5 Å². The number of fused-ring (bicyclic) bond motifs is 1. The number of anilines is 3. The van der Waals surface area contributed by atoms with Gasteiger partial charge < -0.3 is 15.9 Å². The molecule has 30 heavy (non-hydrogen) atoms. The zero-order valence-electron chi connectivity index (χ0n) is 16.1. The van der Waals surface area contributed by atoms with Crippen molar-refractivity contribution in [1.29, 1.82) is 0 Å². The van der Waals surface area contributed by atoms with Crippen LogP contribution >= 0.6 is 0 Å². The van der Waals surface area contributed by atoms with Crippen LogP contribution in [0.1, 0.15) is 11.1 Å². The topological polar surface area (TPSA) is 115 Å². The van der Waals surface area contributed by atoms with E-state index in [9.17, 15) is 4.79 Å². The maximum Gasteiger partial charge on any atom is 0.324 e. The number of amides is 2. The summed E-state index contributed by atoms with van der Waals surface area (Å²) in [6, 6.07) is 10.5. The molecule has 0 bridgehead atoms. The lowest BCUT2D eigenvalue weighted by Crippen LogP contribution is -2.20. The van der Waals surface area contributed by atoms with Gasteiger partial charge in [-0.15, -0.1) is 0 Å². The summed E-state index contributed by atoms with van der Waals surface area (Å²) >= 11 is 0. The van der Waals surface area contributed by atoms with Gasteiger partial charge in [-0.05, 0) is 42.3 Å². The Hall–Kier alpha value is -4.45. The van der Waals surface area contributed by atoms with Gasteiger partial charge in [-0.25, -0.2) is 25.9 Å². The second-order valence-corrected chi connectivity index (χ2v) is 6.66. The van der Waals surface area contributed by atoms with Crippen molar-refractivity contribution in [2.75, 3.05) is 16.4 Å². The fourth-order valence-corrected chi connectivity index (χ4v) is 3.22. The first-order chi connectivity index (χ1) is 14.5. The first kappa shape index (κ1) is 18.9. The molecule has 148 valence electrons. The van der Waals surface area contributed by atoms with Crippen molar-refractivity contribution in [1.82, 2.24) is 19.6 Å². The minimum atomic E-state index is -0.387. The second kappa shape index (κ2) is 7.89. The normalized spacial score (nSPS) is 10.5. The van der Waals surface area contributed by atoms with Gasteiger partial charge in [-0.1, -0.05) is 12.1 Å². The summed E-state index contributed by atoms with van der Waals surface area (Å²) in [7, 11) is 0. The monoisotopic (exact) mass is 398 g/mol. The summed E-state index contributed by atoms with van der Waals surface area (Å²) in [6.07, 6.45) is 4.80. The number of hydrogen-bond acceptors (Lipinski definition) is 5. The van der Waals surface area contributed by atoms with E-state index in [1.165, 1.54) is 6.33 Å². The van der Waals surface area contributed by atoms with E-state index in [2.05, 4.69) is 30.5 Å². The Bertz CT molecular complexity index is 1270. The van der Waals surface area contributed by atoms with E-state index in [0.717, 1.165) is 22.3 Å². The third-order valence-electron chi connectivity index (χ3n) is 4.52. The van der Waals surface area contributed by atoms with Crippen LogP contribution in [-0.2, 0) is 6.54 Å². The Morgan fingerprint density at radius 1 is 1.20 bits per heavy atom. The number of nitrogens with two attached hydrogens (primary N) is 1. The number of rotatable bonds is 4. The molecule has 4 rings (SSSR count). The van der Waals surface area contributed by atoms with E-state index in [-0.39, 0.29) is 12.6 Å². The van der Waals surface area contributed by atoms with Gasteiger partial charge in [0.2, 0.25) is 6.54 Å². The Kier molecular flexibility index (Phi) is 4.97. The molecular weight excluding hydrogens is 380 g/mol. The van der Waals surface area contributed by atoms with Gasteiger partial charge in [0.15, 0.2) is 5.82 Å². The molecule has 3 heterocycles. The van der Waals surface area contributed by atoms with Crippen LogP contribution in [0.2, 0.25) is 0 Å². The van der Waals surface area contributed by atoms with Crippen LogP contribution in [0.25, 0.3) is 21.5 Å². The van der Waals surface area contributed by atoms with Gasteiger partial charge in [0, 0.05) is 23.6 Å². The quantitative estimate of drug-likeness (QED) is 0.453. The van der Waals surface area contributed by atoms with E-state index >= 15 is 0 Å². The first-order valence-corrected chi connectivity index (χ1v) is 9.10. The predicted molar refractivity (Wildman–Crippen MR) is 115 cm³/mol. The number of nitrogens with one attached hydrogen (secondary N) is 2. The molecule has 0 saturated heterocycles. The van der Waals surface area contributed by atoms with Gasteiger partial charge in [-0.3, -0.25) is 5.32 Å². The van der Waals surface area contributed by atoms with Gasteiger partial charge in [0.25, 0.3) is 0 Å². The SMILES string of the molecule is [C-]#[N+]Cc1cn2ncnc(N)c2c1-c1ccc(NC(=O)Nc2cc(C)ccn2)cc1. The number of carbonyl (C=O) groups is 1. The average molecular weight is 398 g/mol. The van der Waals surface area contributed by atoms with Crippen molar-refractivity contribution in [3.05, 3.63) is 77.7 Å². The van der Waals surface area contributed by atoms with Crippen LogP contribution < -0.4 is 16.4 Å². The lowest BCUT2D eigenvalue weighted by atomic mass is 10.0. The molecule has 2 amide bonds. The van der Waals surface area contributed by atoms with E-state index in [1.54, 1.807) is 35.1 Å². The molecule has 9 heteroatoms. The van der Waals surface area contributed by atoms with Crippen molar-refractivity contribution >= 4 is 28.9 Å². The summed E-state index contributed by atoms with van der Waals surface area (Å²) in [5, 5.41) is 9.66. The summed E-state index contributed by atoms with van der Waals surface area (Å²) < 4.78 is 1.63. The number of benzene rings is 1. The number of pyridine rings is 1. The lowest BCUT2D eigenvalue weighted by Gasteiger charge is -2.09. The van der Waals surface area contributed by atoms with Crippen molar-refractivity contribution in [3.8, 4) is 11.1 Å². The number of nitrogens with zero attached hydrogens (tertiary/aromatic N) is 5. The van der Waals surface area contributed by atoms with Gasteiger partial charge in [-0.2, -0.15) is 5.10 Å². The molecule has 0 unspecified atom stereocenters. The molecule has 0 atom stereocenters. The fourth-order valence-electron chi connectivity index (χ4n) is 3.22. The zero-order valence-corrected chi connectivity index (χ0v) is 16.1.